The summed E-state index contributed by atoms with van der Waals surface area (Å²) in [7, 11) is 0. The van der Waals surface area contributed by atoms with Crippen LogP contribution in [0.15, 0.2) is 55.0 Å². The van der Waals surface area contributed by atoms with Crippen molar-refractivity contribution in [3.8, 4) is 0 Å². The van der Waals surface area contributed by atoms with Crippen molar-refractivity contribution >= 4 is 33.7 Å². The number of hydrogen-bond donors (Lipinski definition) is 2. The molecule has 6 nitrogen and oxygen atoms in total. The van der Waals surface area contributed by atoms with Gasteiger partial charge in [0.25, 0.3) is 0 Å². The van der Waals surface area contributed by atoms with Gasteiger partial charge < -0.3 is 4.98 Å². The molecule has 0 aliphatic rings. The Hall–Kier alpha value is -3.28. The van der Waals surface area contributed by atoms with Gasteiger partial charge in [-0.1, -0.05) is 18.2 Å². The number of carbonyl (C=O) groups is 1. The third kappa shape index (κ3) is 2.81. The van der Waals surface area contributed by atoms with E-state index in [9.17, 15) is 4.79 Å². The molecule has 0 radical (unpaired) electrons. The van der Waals surface area contributed by atoms with Crippen LogP contribution in [0.3, 0.4) is 0 Å². The second-order valence-electron chi connectivity index (χ2n) is 5.51. The molecule has 0 bridgehead atoms. The number of amides is 1. The number of nitrogens with zero attached hydrogens (tertiary/aromatic N) is 3. The lowest BCUT2D eigenvalue weighted by Gasteiger charge is -2.03. The summed E-state index contributed by atoms with van der Waals surface area (Å²) in [5.41, 5.74) is 2.98. The predicted molar refractivity (Wildman–Crippen MR) is 92.6 cm³/mol. The van der Waals surface area contributed by atoms with Gasteiger partial charge in [0.1, 0.15) is 0 Å². The standard InChI is InChI=1S/C18H15N5O/c24-17(23-18-19-8-3-9-20-18)7-6-12-10-14-13-4-1-2-5-15(13)22-16(14)11-21-12/h1-5,8-11,22H,6-7H2,(H,19,20,23,24). The second-order valence-corrected chi connectivity index (χ2v) is 5.51. The molecular formula is C18H15N5O. The fourth-order valence-corrected chi connectivity index (χ4v) is 2.72. The molecule has 6 heteroatoms. The highest BCUT2D eigenvalue weighted by Gasteiger charge is 2.08. The number of aromatic nitrogens is 4. The maximum Gasteiger partial charge on any atom is 0.229 e. The summed E-state index contributed by atoms with van der Waals surface area (Å²) in [6.07, 6.45) is 5.90. The van der Waals surface area contributed by atoms with Crippen molar-refractivity contribution in [1.29, 1.82) is 0 Å². The monoisotopic (exact) mass is 317 g/mol. The smallest absolute Gasteiger partial charge is 0.229 e. The van der Waals surface area contributed by atoms with Crippen LogP contribution in [0.2, 0.25) is 0 Å². The summed E-state index contributed by atoms with van der Waals surface area (Å²) < 4.78 is 0. The van der Waals surface area contributed by atoms with E-state index in [1.165, 1.54) is 5.39 Å². The average Bonchev–Trinajstić information content (AvgIpc) is 2.99. The fourth-order valence-electron chi connectivity index (χ4n) is 2.72. The van der Waals surface area contributed by atoms with E-state index in [1.807, 2.05) is 30.5 Å². The molecule has 0 aliphatic heterocycles. The molecule has 0 atom stereocenters. The number of anilines is 1. The Morgan fingerprint density at radius 1 is 1.00 bits per heavy atom. The van der Waals surface area contributed by atoms with Gasteiger partial charge in [-0.2, -0.15) is 0 Å². The van der Waals surface area contributed by atoms with E-state index in [0.29, 0.717) is 18.8 Å². The van der Waals surface area contributed by atoms with Crippen LogP contribution in [0.1, 0.15) is 12.1 Å². The van der Waals surface area contributed by atoms with Gasteiger partial charge in [-0.25, -0.2) is 9.97 Å². The number of rotatable bonds is 4. The van der Waals surface area contributed by atoms with Crippen LogP contribution in [0.25, 0.3) is 21.8 Å². The number of nitrogens with one attached hydrogen (secondary N) is 2. The summed E-state index contributed by atoms with van der Waals surface area (Å²) >= 11 is 0. The number of H-pyrrole nitrogens is 1. The molecule has 1 amide bonds. The van der Waals surface area contributed by atoms with Crippen molar-refractivity contribution in [2.24, 2.45) is 0 Å². The number of fused-ring (bicyclic) bond motifs is 3. The maximum absolute atomic E-state index is 12.0. The van der Waals surface area contributed by atoms with Crippen LogP contribution in [0.4, 0.5) is 5.95 Å². The zero-order valence-corrected chi connectivity index (χ0v) is 12.9. The summed E-state index contributed by atoms with van der Waals surface area (Å²) in [5.74, 6) is 0.199. The van der Waals surface area contributed by atoms with Gasteiger partial charge in [0.2, 0.25) is 11.9 Å². The lowest BCUT2D eigenvalue weighted by atomic mass is 10.1. The number of aryl methyl sites for hydroxylation is 1. The molecule has 0 fully saturated rings. The van der Waals surface area contributed by atoms with Crippen LogP contribution >= 0.6 is 0 Å². The van der Waals surface area contributed by atoms with E-state index in [0.717, 1.165) is 22.1 Å². The normalized spacial score (nSPS) is 11.0. The summed E-state index contributed by atoms with van der Waals surface area (Å²) in [6, 6.07) is 11.9. The van der Waals surface area contributed by atoms with Crippen LogP contribution in [-0.4, -0.2) is 25.8 Å². The average molecular weight is 317 g/mol. The van der Waals surface area contributed by atoms with Crippen molar-refractivity contribution < 1.29 is 4.79 Å². The Balaban J connectivity index is 1.50. The predicted octanol–water partition coefficient (Wildman–Crippen LogP) is 3.08. The molecule has 118 valence electrons. The highest BCUT2D eigenvalue weighted by atomic mass is 16.1. The van der Waals surface area contributed by atoms with Crippen LogP contribution in [-0.2, 0) is 11.2 Å². The molecule has 3 aromatic heterocycles. The molecule has 0 saturated carbocycles. The Labute approximate surface area is 138 Å². The molecule has 4 rings (SSSR count). The minimum atomic E-state index is -0.123. The molecule has 2 N–H and O–H groups in total. The minimum absolute atomic E-state index is 0.123. The van der Waals surface area contributed by atoms with E-state index in [2.05, 4.69) is 31.3 Å². The number of carbonyl (C=O) groups excluding carboxylic acids is 1. The third-order valence-corrected chi connectivity index (χ3v) is 3.87. The van der Waals surface area contributed by atoms with Gasteiger partial charge in [-0.3, -0.25) is 15.1 Å². The molecule has 1 aromatic carbocycles. The molecular weight excluding hydrogens is 302 g/mol. The Morgan fingerprint density at radius 2 is 1.83 bits per heavy atom. The molecule has 0 spiro atoms. The summed E-state index contributed by atoms with van der Waals surface area (Å²) in [6.45, 7) is 0. The van der Waals surface area contributed by atoms with Crippen molar-refractivity contribution in [2.45, 2.75) is 12.8 Å². The SMILES string of the molecule is O=C(CCc1cc2c(cn1)[nH]c1ccccc12)Nc1ncccn1. The highest BCUT2D eigenvalue weighted by Crippen LogP contribution is 2.25. The second kappa shape index (κ2) is 6.08. The van der Waals surface area contributed by atoms with Crippen molar-refractivity contribution in [2.75, 3.05) is 5.32 Å². The van der Waals surface area contributed by atoms with E-state index in [4.69, 9.17) is 0 Å². The topological polar surface area (TPSA) is 83.6 Å². The Kier molecular flexibility index (Phi) is 3.63. The van der Waals surface area contributed by atoms with Crippen LogP contribution in [0.5, 0.6) is 0 Å². The van der Waals surface area contributed by atoms with E-state index >= 15 is 0 Å². The zero-order valence-electron chi connectivity index (χ0n) is 12.9. The highest BCUT2D eigenvalue weighted by molar-refractivity contribution is 6.06. The molecule has 0 unspecified atom stereocenters. The lowest BCUT2D eigenvalue weighted by molar-refractivity contribution is -0.116. The van der Waals surface area contributed by atoms with Crippen LogP contribution < -0.4 is 5.32 Å². The number of aromatic amines is 1. The van der Waals surface area contributed by atoms with Crippen LogP contribution in [0, 0.1) is 0 Å². The van der Waals surface area contributed by atoms with E-state index < -0.39 is 0 Å². The van der Waals surface area contributed by atoms with Gasteiger partial charge in [0.15, 0.2) is 0 Å². The first-order chi connectivity index (χ1) is 11.8. The number of benzene rings is 1. The molecule has 4 aromatic rings. The quantitative estimate of drug-likeness (QED) is 0.606. The van der Waals surface area contributed by atoms with Gasteiger partial charge in [0, 0.05) is 40.8 Å². The minimum Gasteiger partial charge on any atom is -0.353 e. The fraction of sp³-hybridized carbons (Fsp3) is 0.111. The molecule has 3 heterocycles. The Bertz CT molecular complexity index is 1010. The molecule has 0 saturated heterocycles. The number of hydrogen-bond acceptors (Lipinski definition) is 4. The van der Waals surface area contributed by atoms with Crippen molar-refractivity contribution in [1.82, 2.24) is 19.9 Å². The van der Waals surface area contributed by atoms with Crippen molar-refractivity contribution in [3.05, 3.63) is 60.7 Å². The largest absolute Gasteiger partial charge is 0.353 e. The van der Waals surface area contributed by atoms with Gasteiger partial charge >= 0.3 is 0 Å². The van der Waals surface area contributed by atoms with Gasteiger partial charge in [-0.15, -0.1) is 0 Å². The first kappa shape index (κ1) is 14.3. The van der Waals surface area contributed by atoms with E-state index in [-0.39, 0.29) is 5.91 Å². The summed E-state index contributed by atoms with van der Waals surface area (Å²) in [4.78, 5) is 27.7. The summed E-state index contributed by atoms with van der Waals surface area (Å²) in [5, 5.41) is 4.97. The molecule has 24 heavy (non-hydrogen) atoms. The van der Waals surface area contributed by atoms with Gasteiger partial charge in [0.05, 0.1) is 11.7 Å². The maximum atomic E-state index is 12.0. The zero-order chi connectivity index (χ0) is 16.4. The number of pyridine rings is 1. The molecule has 0 aliphatic carbocycles. The van der Waals surface area contributed by atoms with E-state index in [1.54, 1.807) is 18.5 Å². The third-order valence-electron chi connectivity index (χ3n) is 3.87. The number of para-hydroxylation sites is 1. The first-order valence-corrected chi connectivity index (χ1v) is 7.72. The first-order valence-electron chi connectivity index (χ1n) is 7.72. The van der Waals surface area contributed by atoms with Crippen molar-refractivity contribution in [3.63, 3.8) is 0 Å². The van der Waals surface area contributed by atoms with Gasteiger partial charge in [-0.05, 0) is 24.6 Å². The lowest BCUT2D eigenvalue weighted by Crippen LogP contribution is -2.14. The Morgan fingerprint density at radius 3 is 2.71 bits per heavy atom.